The molecule has 20 heavy (non-hydrogen) atoms. The Bertz CT molecular complexity index is 395. The second-order valence-electron chi connectivity index (χ2n) is 6.60. The van der Waals surface area contributed by atoms with Gasteiger partial charge in [-0.1, -0.05) is 49.6 Å². The molecule has 0 bridgehead atoms. The highest BCUT2D eigenvalue weighted by Gasteiger charge is 2.31. The Labute approximate surface area is 122 Å². The van der Waals surface area contributed by atoms with Crippen molar-refractivity contribution in [1.82, 2.24) is 5.32 Å². The Kier molecular flexibility index (Phi) is 4.74. The zero-order valence-electron chi connectivity index (χ0n) is 12.3. The molecule has 0 aliphatic heterocycles. The van der Waals surface area contributed by atoms with Gasteiger partial charge in [-0.2, -0.15) is 0 Å². The first kappa shape index (κ1) is 14.1. The van der Waals surface area contributed by atoms with Crippen LogP contribution in [-0.4, -0.2) is 17.8 Å². The van der Waals surface area contributed by atoms with Gasteiger partial charge >= 0.3 is 0 Å². The monoisotopic (exact) mass is 273 g/mol. The summed E-state index contributed by atoms with van der Waals surface area (Å²) < 4.78 is 0. The molecule has 2 aliphatic rings. The van der Waals surface area contributed by atoms with Crippen molar-refractivity contribution >= 4 is 0 Å². The Hall–Kier alpha value is -0.860. The summed E-state index contributed by atoms with van der Waals surface area (Å²) in [5.74, 6) is 1.29. The predicted octanol–water partition coefficient (Wildman–Crippen LogP) is 3.67. The zero-order valence-corrected chi connectivity index (χ0v) is 12.3. The molecular formula is C18H27NO. The van der Waals surface area contributed by atoms with E-state index in [-0.39, 0.29) is 6.10 Å². The number of hydrogen-bond donors (Lipinski definition) is 2. The molecule has 2 nitrogen and oxygen atoms in total. The summed E-state index contributed by atoms with van der Waals surface area (Å²) in [7, 11) is 0. The first-order valence-electron chi connectivity index (χ1n) is 8.31. The van der Waals surface area contributed by atoms with Gasteiger partial charge in [0.25, 0.3) is 0 Å². The molecule has 0 aromatic heterocycles. The van der Waals surface area contributed by atoms with Crippen LogP contribution in [-0.2, 0) is 0 Å². The quantitative estimate of drug-likeness (QED) is 0.829. The number of rotatable bonds is 6. The van der Waals surface area contributed by atoms with Crippen molar-refractivity contribution in [2.24, 2.45) is 11.8 Å². The molecule has 110 valence electrons. The minimum absolute atomic E-state index is 0.148. The zero-order chi connectivity index (χ0) is 13.8. The van der Waals surface area contributed by atoms with E-state index in [0.29, 0.717) is 12.0 Å². The maximum atomic E-state index is 10.1. The molecule has 2 fully saturated rings. The van der Waals surface area contributed by atoms with E-state index >= 15 is 0 Å². The molecule has 0 saturated heterocycles. The molecule has 2 saturated carbocycles. The highest BCUT2D eigenvalue weighted by molar-refractivity contribution is 5.20. The van der Waals surface area contributed by atoms with Crippen molar-refractivity contribution in [1.29, 1.82) is 0 Å². The van der Waals surface area contributed by atoms with Crippen molar-refractivity contribution < 1.29 is 5.11 Å². The van der Waals surface area contributed by atoms with Crippen LogP contribution in [0.3, 0.4) is 0 Å². The molecule has 2 N–H and O–H groups in total. The molecule has 1 aromatic rings. The van der Waals surface area contributed by atoms with Crippen molar-refractivity contribution in [2.75, 3.05) is 6.54 Å². The molecule has 3 rings (SSSR count). The van der Waals surface area contributed by atoms with Crippen LogP contribution in [0.4, 0.5) is 0 Å². The van der Waals surface area contributed by atoms with E-state index in [1.54, 1.807) is 0 Å². The smallest absolute Gasteiger partial charge is 0.0692 e. The highest BCUT2D eigenvalue weighted by Crippen LogP contribution is 2.36. The first-order chi connectivity index (χ1) is 9.84. The second kappa shape index (κ2) is 6.73. The molecule has 2 aliphatic carbocycles. The van der Waals surface area contributed by atoms with Crippen LogP contribution < -0.4 is 5.32 Å². The molecule has 0 radical (unpaired) electrons. The van der Waals surface area contributed by atoms with Gasteiger partial charge in [0.1, 0.15) is 0 Å². The fourth-order valence-electron chi connectivity index (χ4n) is 3.58. The Morgan fingerprint density at radius 1 is 0.950 bits per heavy atom. The summed E-state index contributed by atoms with van der Waals surface area (Å²) in [6.45, 7) is 0.751. The van der Waals surface area contributed by atoms with Crippen LogP contribution in [0.5, 0.6) is 0 Å². The van der Waals surface area contributed by atoms with E-state index in [4.69, 9.17) is 0 Å². The van der Waals surface area contributed by atoms with Crippen LogP contribution in [0.25, 0.3) is 0 Å². The van der Waals surface area contributed by atoms with Gasteiger partial charge in [0, 0.05) is 12.6 Å². The van der Waals surface area contributed by atoms with E-state index < -0.39 is 0 Å². The van der Waals surface area contributed by atoms with Crippen LogP contribution >= 0.6 is 0 Å². The lowest BCUT2D eigenvalue weighted by atomic mass is 9.81. The molecule has 0 spiro atoms. The first-order valence-corrected chi connectivity index (χ1v) is 8.31. The third kappa shape index (κ3) is 3.62. The summed E-state index contributed by atoms with van der Waals surface area (Å²) in [6.07, 6.45) is 9.04. The van der Waals surface area contributed by atoms with Gasteiger partial charge < -0.3 is 10.4 Å². The lowest BCUT2D eigenvalue weighted by Crippen LogP contribution is -2.36. The number of aliphatic hydroxyl groups is 1. The van der Waals surface area contributed by atoms with Gasteiger partial charge in [-0.3, -0.25) is 0 Å². The van der Waals surface area contributed by atoms with Crippen molar-refractivity contribution in [3.63, 3.8) is 0 Å². The van der Waals surface area contributed by atoms with Crippen LogP contribution in [0.1, 0.15) is 56.6 Å². The number of benzene rings is 1. The Morgan fingerprint density at radius 3 is 2.30 bits per heavy atom. The van der Waals surface area contributed by atoms with Gasteiger partial charge in [-0.05, 0) is 43.1 Å². The van der Waals surface area contributed by atoms with Gasteiger partial charge in [0.15, 0.2) is 0 Å². The van der Waals surface area contributed by atoms with Crippen LogP contribution in [0.2, 0.25) is 0 Å². The SMILES string of the molecule is OC(CNC(c1ccccc1)C1CCCCC1)C1CC1. The highest BCUT2D eigenvalue weighted by atomic mass is 16.3. The molecular weight excluding hydrogens is 246 g/mol. The van der Waals surface area contributed by atoms with Crippen molar-refractivity contribution in [3.8, 4) is 0 Å². The van der Waals surface area contributed by atoms with Crippen molar-refractivity contribution in [3.05, 3.63) is 35.9 Å². The normalized spacial score (nSPS) is 23.4. The second-order valence-corrected chi connectivity index (χ2v) is 6.60. The van der Waals surface area contributed by atoms with Gasteiger partial charge in [0.2, 0.25) is 0 Å². The predicted molar refractivity (Wildman–Crippen MR) is 82.5 cm³/mol. The van der Waals surface area contributed by atoms with E-state index in [9.17, 15) is 5.11 Å². The summed E-state index contributed by atoms with van der Waals surface area (Å²) >= 11 is 0. The summed E-state index contributed by atoms with van der Waals surface area (Å²) in [5.41, 5.74) is 1.39. The fourth-order valence-corrected chi connectivity index (χ4v) is 3.58. The number of hydrogen-bond acceptors (Lipinski definition) is 2. The third-order valence-corrected chi connectivity index (χ3v) is 4.99. The van der Waals surface area contributed by atoms with Gasteiger partial charge in [0.05, 0.1) is 6.10 Å². The maximum absolute atomic E-state index is 10.1. The van der Waals surface area contributed by atoms with E-state index in [0.717, 1.165) is 12.5 Å². The molecule has 0 amide bonds. The van der Waals surface area contributed by atoms with E-state index in [1.165, 1.54) is 50.5 Å². The molecule has 2 heteroatoms. The van der Waals surface area contributed by atoms with Gasteiger partial charge in [-0.15, -0.1) is 0 Å². The molecule has 0 heterocycles. The van der Waals surface area contributed by atoms with E-state index in [2.05, 4.69) is 35.6 Å². The van der Waals surface area contributed by atoms with E-state index in [1.807, 2.05) is 0 Å². The van der Waals surface area contributed by atoms with Gasteiger partial charge in [-0.25, -0.2) is 0 Å². The number of aliphatic hydroxyl groups excluding tert-OH is 1. The summed E-state index contributed by atoms with van der Waals surface area (Å²) in [6, 6.07) is 11.2. The lowest BCUT2D eigenvalue weighted by molar-refractivity contribution is 0.136. The lowest BCUT2D eigenvalue weighted by Gasteiger charge is -2.32. The average Bonchev–Trinajstić information content (AvgIpc) is 3.34. The summed E-state index contributed by atoms with van der Waals surface area (Å²) in [5, 5.41) is 13.8. The fraction of sp³-hybridized carbons (Fsp3) is 0.667. The van der Waals surface area contributed by atoms with Crippen molar-refractivity contribution in [2.45, 2.75) is 57.1 Å². The largest absolute Gasteiger partial charge is 0.392 e. The Balaban J connectivity index is 1.65. The average molecular weight is 273 g/mol. The van der Waals surface area contributed by atoms with Crippen LogP contribution in [0, 0.1) is 11.8 Å². The third-order valence-electron chi connectivity index (χ3n) is 4.99. The maximum Gasteiger partial charge on any atom is 0.0692 e. The Morgan fingerprint density at radius 2 is 1.65 bits per heavy atom. The van der Waals surface area contributed by atoms with Crippen LogP contribution in [0.15, 0.2) is 30.3 Å². The minimum Gasteiger partial charge on any atom is -0.392 e. The molecule has 1 aromatic carbocycles. The standard InChI is InChI=1S/C18H27NO/c20-17(14-11-12-14)13-19-18(15-7-3-1-4-8-15)16-9-5-2-6-10-16/h1,3-4,7-8,14,16-20H,2,5-6,9-13H2. The number of nitrogens with one attached hydrogen (secondary N) is 1. The topological polar surface area (TPSA) is 32.3 Å². The molecule has 2 atom stereocenters. The molecule has 2 unspecified atom stereocenters. The minimum atomic E-state index is -0.148. The summed E-state index contributed by atoms with van der Waals surface area (Å²) in [4.78, 5) is 0.